The van der Waals surface area contributed by atoms with Crippen molar-refractivity contribution in [2.75, 3.05) is 0 Å². The molecule has 78 valence electrons. The molecule has 2 aromatic heterocycles. The van der Waals surface area contributed by atoms with E-state index in [9.17, 15) is 4.79 Å². The number of furan rings is 1. The Hall–Kier alpha value is -0.940. The lowest BCUT2D eigenvalue weighted by atomic mass is 10.2. The molecule has 0 aliphatic carbocycles. The van der Waals surface area contributed by atoms with Crippen LogP contribution in [0.1, 0.15) is 21.1 Å². The van der Waals surface area contributed by atoms with Crippen LogP contribution in [0.25, 0.3) is 0 Å². The van der Waals surface area contributed by atoms with Crippen LogP contribution in [0, 0.1) is 6.92 Å². The van der Waals surface area contributed by atoms with Gasteiger partial charge in [0.25, 0.3) is 0 Å². The number of thiazole rings is 1. The molecule has 0 bridgehead atoms. The molecule has 0 N–H and O–H groups in total. The monoisotopic (exact) mass is 285 g/mol. The third-order valence-corrected chi connectivity index (χ3v) is 3.48. The fourth-order valence-corrected chi connectivity index (χ4v) is 2.44. The first-order valence-corrected chi connectivity index (χ1v) is 6.01. The Balaban J connectivity index is 2.14. The molecule has 0 saturated carbocycles. The quantitative estimate of drug-likeness (QED) is 0.813. The molecule has 0 spiro atoms. The lowest BCUT2D eigenvalue weighted by Crippen LogP contribution is -2.02. The minimum absolute atomic E-state index is 0.0185. The first-order chi connectivity index (χ1) is 7.16. The predicted octanol–water partition coefficient (Wildman–Crippen LogP) is 3.23. The maximum atomic E-state index is 11.8. The van der Waals surface area contributed by atoms with E-state index < -0.39 is 0 Å². The summed E-state index contributed by atoms with van der Waals surface area (Å²) in [5.74, 6) is 0.0185. The third-order valence-electron chi connectivity index (χ3n) is 1.90. The number of carbonyl (C=O) groups is 1. The Morgan fingerprint density at radius 3 is 3.00 bits per heavy atom. The number of hydrogen-bond donors (Lipinski definition) is 0. The Bertz CT molecular complexity index is 489. The minimum Gasteiger partial charge on any atom is -0.457 e. The highest BCUT2D eigenvalue weighted by molar-refractivity contribution is 9.10. The minimum atomic E-state index is 0.0185. The van der Waals surface area contributed by atoms with Crippen molar-refractivity contribution in [3.63, 3.8) is 0 Å². The molecule has 5 heteroatoms. The van der Waals surface area contributed by atoms with Crippen molar-refractivity contribution in [3.05, 3.63) is 38.6 Å². The summed E-state index contributed by atoms with van der Waals surface area (Å²) in [4.78, 5) is 16.0. The Morgan fingerprint density at radius 2 is 2.47 bits per heavy atom. The van der Waals surface area contributed by atoms with Gasteiger partial charge in [0.05, 0.1) is 18.2 Å². The van der Waals surface area contributed by atoms with Crippen LogP contribution in [0.5, 0.6) is 0 Å². The predicted molar refractivity (Wildman–Crippen MR) is 61.3 cm³/mol. The Morgan fingerprint density at radius 1 is 1.67 bits per heavy atom. The van der Waals surface area contributed by atoms with Gasteiger partial charge in [-0.15, -0.1) is 11.3 Å². The third kappa shape index (κ3) is 2.35. The van der Waals surface area contributed by atoms with E-state index >= 15 is 0 Å². The number of nitrogens with zero attached hydrogens (tertiary/aromatic N) is 1. The number of Topliss-reactive ketones (excluding diaryl/α,β-unsaturated/α-hetero) is 1. The van der Waals surface area contributed by atoms with Crippen LogP contribution in [0.4, 0.5) is 0 Å². The van der Waals surface area contributed by atoms with Crippen molar-refractivity contribution in [2.45, 2.75) is 13.3 Å². The summed E-state index contributed by atoms with van der Waals surface area (Å²) in [6, 6.07) is 1.66. The molecule has 0 aromatic carbocycles. The number of hydrogen-bond acceptors (Lipinski definition) is 4. The highest BCUT2D eigenvalue weighted by Crippen LogP contribution is 2.20. The molecule has 0 fully saturated rings. The van der Waals surface area contributed by atoms with Gasteiger partial charge in [-0.25, -0.2) is 4.98 Å². The zero-order chi connectivity index (χ0) is 10.8. The second kappa shape index (κ2) is 4.28. The van der Waals surface area contributed by atoms with Crippen molar-refractivity contribution in [3.8, 4) is 0 Å². The summed E-state index contributed by atoms with van der Waals surface area (Å²) < 4.78 is 5.49. The van der Waals surface area contributed by atoms with Gasteiger partial charge in [0.15, 0.2) is 10.5 Å². The first-order valence-electron chi connectivity index (χ1n) is 4.34. The lowest BCUT2D eigenvalue weighted by molar-refractivity contribution is 0.0991. The van der Waals surface area contributed by atoms with Crippen LogP contribution >= 0.6 is 27.3 Å². The average Bonchev–Trinajstić information content (AvgIpc) is 2.75. The van der Waals surface area contributed by atoms with Gasteiger partial charge < -0.3 is 4.42 Å². The fraction of sp³-hybridized carbons (Fsp3) is 0.200. The molecule has 0 amide bonds. The molecule has 2 aromatic rings. The second-order valence-corrected chi connectivity index (χ2v) is 4.75. The lowest BCUT2D eigenvalue weighted by Gasteiger charge is -1.94. The van der Waals surface area contributed by atoms with E-state index in [0.717, 1.165) is 10.7 Å². The molecule has 0 unspecified atom stereocenters. The Labute approximate surface area is 99.3 Å². The summed E-state index contributed by atoms with van der Waals surface area (Å²) in [7, 11) is 0. The van der Waals surface area contributed by atoms with Gasteiger partial charge in [-0.3, -0.25) is 4.79 Å². The molecule has 2 heterocycles. The van der Waals surface area contributed by atoms with E-state index in [1.807, 2.05) is 12.3 Å². The number of rotatable bonds is 3. The second-order valence-electron chi connectivity index (χ2n) is 3.09. The van der Waals surface area contributed by atoms with Gasteiger partial charge >= 0.3 is 0 Å². The van der Waals surface area contributed by atoms with Gasteiger partial charge in [0.1, 0.15) is 5.01 Å². The first kappa shape index (κ1) is 10.6. The van der Waals surface area contributed by atoms with E-state index in [1.165, 1.54) is 17.6 Å². The average molecular weight is 286 g/mol. The van der Waals surface area contributed by atoms with Gasteiger partial charge in [-0.05, 0) is 28.9 Å². The topological polar surface area (TPSA) is 43.1 Å². The maximum absolute atomic E-state index is 11.8. The van der Waals surface area contributed by atoms with Gasteiger partial charge in [0, 0.05) is 11.1 Å². The number of aromatic nitrogens is 1. The molecule has 0 saturated heterocycles. The normalized spacial score (nSPS) is 10.5. The van der Waals surface area contributed by atoms with Crippen LogP contribution in [-0.4, -0.2) is 10.8 Å². The largest absolute Gasteiger partial charge is 0.457 e. The van der Waals surface area contributed by atoms with Crippen molar-refractivity contribution < 1.29 is 9.21 Å². The van der Waals surface area contributed by atoms with Gasteiger partial charge in [-0.2, -0.15) is 0 Å². The summed E-state index contributed by atoms with van der Waals surface area (Å²) in [5, 5.41) is 2.78. The van der Waals surface area contributed by atoms with Crippen LogP contribution in [-0.2, 0) is 6.42 Å². The van der Waals surface area contributed by atoms with Crippen LogP contribution in [0.2, 0.25) is 0 Å². The van der Waals surface area contributed by atoms with E-state index in [2.05, 4.69) is 20.9 Å². The fourth-order valence-electron chi connectivity index (χ4n) is 1.21. The summed E-state index contributed by atoms with van der Waals surface area (Å²) in [5.41, 5.74) is 1.52. The molecule has 15 heavy (non-hydrogen) atoms. The molecule has 0 aliphatic rings. The number of carbonyl (C=O) groups excluding carboxylic acids is 1. The van der Waals surface area contributed by atoms with Crippen LogP contribution < -0.4 is 0 Å². The van der Waals surface area contributed by atoms with Crippen molar-refractivity contribution in [1.29, 1.82) is 0 Å². The van der Waals surface area contributed by atoms with Gasteiger partial charge in [-0.1, -0.05) is 0 Å². The molecule has 0 atom stereocenters. The van der Waals surface area contributed by atoms with Crippen LogP contribution in [0.15, 0.2) is 26.8 Å². The Kier molecular flexibility index (Phi) is 3.02. The molecule has 2 rings (SSSR count). The highest BCUT2D eigenvalue weighted by atomic mass is 79.9. The van der Waals surface area contributed by atoms with Crippen molar-refractivity contribution in [2.24, 2.45) is 0 Å². The zero-order valence-electron chi connectivity index (χ0n) is 7.99. The molecule has 3 nitrogen and oxygen atoms in total. The van der Waals surface area contributed by atoms with E-state index in [-0.39, 0.29) is 5.78 Å². The molecule has 0 aliphatic heterocycles. The summed E-state index contributed by atoms with van der Waals surface area (Å²) >= 11 is 4.68. The number of aryl methyl sites for hydroxylation is 1. The van der Waals surface area contributed by atoms with E-state index in [1.54, 1.807) is 6.07 Å². The van der Waals surface area contributed by atoms with Gasteiger partial charge in [0.2, 0.25) is 0 Å². The maximum Gasteiger partial charge on any atom is 0.179 e. The molecule has 0 radical (unpaired) electrons. The van der Waals surface area contributed by atoms with E-state index in [4.69, 9.17) is 4.42 Å². The molecular formula is C10H8BrNO2S. The number of ketones is 1. The summed E-state index contributed by atoms with van der Waals surface area (Å²) in [6.45, 7) is 1.91. The van der Waals surface area contributed by atoms with Crippen molar-refractivity contribution in [1.82, 2.24) is 4.98 Å². The number of halogens is 1. The standard InChI is InChI=1S/C10H8BrNO2S/c1-6-5-15-9(12-6)4-8(13)7-2-3-14-10(7)11/h2-3,5H,4H2,1H3. The smallest absolute Gasteiger partial charge is 0.179 e. The van der Waals surface area contributed by atoms with Crippen molar-refractivity contribution >= 4 is 33.0 Å². The summed E-state index contributed by atoms with van der Waals surface area (Å²) in [6.07, 6.45) is 1.82. The molecular weight excluding hydrogens is 278 g/mol. The van der Waals surface area contributed by atoms with Crippen LogP contribution in [0.3, 0.4) is 0 Å². The highest BCUT2D eigenvalue weighted by Gasteiger charge is 2.14. The SMILES string of the molecule is Cc1csc(CC(=O)c2ccoc2Br)n1. The van der Waals surface area contributed by atoms with E-state index in [0.29, 0.717) is 16.7 Å². The zero-order valence-corrected chi connectivity index (χ0v) is 10.4.